The fourth-order valence-electron chi connectivity index (χ4n) is 1.13. The van der Waals surface area contributed by atoms with Gasteiger partial charge >= 0.3 is 0 Å². The lowest BCUT2D eigenvalue weighted by atomic mass is 10.1. The van der Waals surface area contributed by atoms with Crippen LogP contribution in [0.15, 0.2) is 30.3 Å². The van der Waals surface area contributed by atoms with Crippen LogP contribution in [-0.4, -0.2) is 12.5 Å². The number of nitrogens with two attached hydrogens (primary N) is 1. The Bertz CT molecular complexity index is 285. The minimum Gasteiger partial charge on any atom is -0.330 e. The fraction of sp³-hybridized carbons (Fsp3) is 0.364. The molecule has 14 heavy (non-hydrogen) atoms. The minimum atomic E-state index is 0.0224. The van der Waals surface area contributed by atoms with Crippen LogP contribution >= 0.6 is 0 Å². The lowest BCUT2D eigenvalue weighted by Gasteiger charge is -2.08. The Balaban J connectivity index is 2.42. The number of nitrogens with one attached hydrogen (secondary N) is 1. The molecule has 0 saturated carbocycles. The maximum atomic E-state index is 11.4. The van der Waals surface area contributed by atoms with Gasteiger partial charge in [-0.1, -0.05) is 25.1 Å². The number of carbonyl (C=O) groups excluding carboxylic acids is 1. The summed E-state index contributed by atoms with van der Waals surface area (Å²) in [5.41, 5.74) is 6.27. The Labute approximate surface area is 84.3 Å². The number of para-hydroxylation sites is 1. The van der Waals surface area contributed by atoms with Crippen LogP contribution in [0, 0.1) is 5.92 Å². The number of hydrogen-bond acceptors (Lipinski definition) is 2. The molecule has 0 aliphatic rings. The summed E-state index contributed by atoms with van der Waals surface area (Å²) in [5.74, 6) is 0.257. The van der Waals surface area contributed by atoms with Crippen molar-refractivity contribution in [1.82, 2.24) is 0 Å². The van der Waals surface area contributed by atoms with Crippen LogP contribution < -0.4 is 11.1 Å². The van der Waals surface area contributed by atoms with Crippen molar-refractivity contribution in [3.8, 4) is 0 Å². The van der Waals surface area contributed by atoms with Gasteiger partial charge in [-0.2, -0.15) is 0 Å². The monoisotopic (exact) mass is 192 g/mol. The van der Waals surface area contributed by atoms with E-state index in [1.165, 1.54) is 0 Å². The van der Waals surface area contributed by atoms with Gasteiger partial charge in [0.05, 0.1) is 0 Å². The van der Waals surface area contributed by atoms with Crippen molar-refractivity contribution in [2.75, 3.05) is 11.9 Å². The number of anilines is 1. The first-order valence-electron chi connectivity index (χ1n) is 4.77. The number of benzene rings is 1. The van der Waals surface area contributed by atoms with Crippen molar-refractivity contribution in [2.24, 2.45) is 11.7 Å². The fourth-order valence-corrected chi connectivity index (χ4v) is 1.13. The molecule has 0 heterocycles. The van der Waals surface area contributed by atoms with Crippen LogP contribution in [0.2, 0.25) is 0 Å². The molecule has 1 rings (SSSR count). The molecule has 3 N–H and O–H groups in total. The maximum absolute atomic E-state index is 11.4. The number of rotatable bonds is 4. The van der Waals surface area contributed by atoms with Gasteiger partial charge in [0.1, 0.15) is 0 Å². The molecule has 1 amide bonds. The number of carbonyl (C=O) groups is 1. The molecule has 0 bridgehead atoms. The zero-order valence-corrected chi connectivity index (χ0v) is 8.36. The highest BCUT2D eigenvalue weighted by molar-refractivity contribution is 5.90. The summed E-state index contributed by atoms with van der Waals surface area (Å²) in [6, 6.07) is 9.43. The van der Waals surface area contributed by atoms with Crippen molar-refractivity contribution in [1.29, 1.82) is 0 Å². The molecule has 76 valence electrons. The Morgan fingerprint density at radius 1 is 1.43 bits per heavy atom. The first-order chi connectivity index (χ1) is 6.72. The standard InChI is InChI=1S/C11H16N2O/c1-9(8-12)7-11(14)13-10-5-3-2-4-6-10/h2-6,9H,7-8,12H2,1H3,(H,13,14). The van der Waals surface area contributed by atoms with Crippen LogP contribution in [-0.2, 0) is 4.79 Å². The van der Waals surface area contributed by atoms with Crippen molar-refractivity contribution in [3.63, 3.8) is 0 Å². The maximum Gasteiger partial charge on any atom is 0.224 e. The van der Waals surface area contributed by atoms with E-state index in [2.05, 4.69) is 5.32 Å². The summed E-state index contributed by atoms with van der Waals surface area (Å²) in [6.07, 6.45) is 0.478. The van der Waals surface area contributed by atoms with Crippen molar-refractivity contribution in [2.45, 2.75) is 13.3 Å². The smallest absolute Gasteiger partial charge is 0.224 e. The number of hydrogen-bond donors (Lipinski definition) is 2. The quantitative estimate of drug-likeness (QED) is 0.761. The Morgan fingerprint density at radius 3 is 2.64 bits per heavy atom. The Hall–Kier alpha value is -1.35. The summed E-state index contributed by atoms with van der Waals surface area (Å²) >= 11 is 0. The van der Waals surface area contributed by atoms with Crippen molar-refractivity contribution >= 4 is 11.6 Å². The second-order valence-electron chi connectivity index (χ2n) is 3.46. The molecule has 3 heteroatoms. The van der Waals surface area contributed by atoms with E-state index in [4.69, 9.17) is 5.73 Å². The molecule has 3 nitrogen and oxygen atoms in total. The highest BCUT2D eigenvalue weighted by atomic mass is 16.1. The topological polar surface area (TPSA) is 55.1 Å². The summed E-state index contributed by atoms with van der Waals surface area (Å²) in [6.45, 7) is 2.51. The molecule has 0 radical (unpaired) electrons. The number of amides is 1. The first-order valence-corrected chi connectivity index (χ1v) is 4.77. The summed E-state index contributed by atoms with van der Waals surface area (Å²) in [5, 5.41) is 2.81. The molecule has 1 aromatic rings. The first kappa shape index (κ1) is 10.7. The second kappa shape index (κ2) is 5.40. The predicted octanol–water partition coefficient (Wildman–Crippen LogP) is 1.61. The molecule has 0 aliphatic heterocycles. The predicted molar refractivity (Wildman–Crippen MR) is 57.9 cm³/mol. The van der Waals surface area contributed by atoms with Gasteiger partial charge in [-0.05, 0) is 24.6 Å². The lowest BCUT2D eigenvalue weighted by molar-refractivity contribution is -0.116. The van der Waals surface area contributed by atoms with Crippen LogP contribution in [0.3, 0.4) is 0 Å². The van der Waals surface area contributed by atoms with Crippen molar-refractivity contribution in [3.05, 3.63) is 30.3 Å². The van der Waals surface area contributed by atoms with Gasteiger partial charge in [0, 0.05) is 12.1 Å². The third-order valence-electron chi connectivity index (χ3n) is 1.99. The van der Waals surface area contributed by atoms with E-state index in [1.54, 1.807) is 0 Å². The highest BCUT2D eigenvalue weighted by Gasteiger charge is 2.06. The van der Waals surface area contributed by atoms with Crippen LogP contribution in [0.1, 0.15) is 13.3 Å². The van der Waals surface area contributed by atoms with Gasteiger partial charge in [-0.25, -0.2) is 0 Å². The van der Waals surface area contributed by atoms with Crippen LogP contribution in [0.4, 0.5) is 5.69 Å². The van der Waals surface area contributed by atoms with Gasteiger partial charge < -0.3 is 11.1 Å². The lowest BCUT2D eigenvalue weighted by Crippen LogP contribution is -2.19. The Morgan fingerprint density at radius 2 is 2.07 bits per heavy atom. The zero-order valence-electron chi connectivity index (χ0n) is 8.36. The molecule has 1 aromatic carbocycles. The minimum absolute atomic E-state index is 0.0224. The van der Waals surface area contributed by atoms with Gasteiger partial charge in [-0.15, -0.1) is 0 Å². The largest absolute Gasteiger partial charge is 0.330 e. The average molecular weight is 192 g/mol. The third-order valence-corrected chi connectivity index (χ3v) is 1.99. The summed E-state index contributed by atoms with van der Waals surface area (Å²) < 4.78 is 0. The van der Waals surface area contributed by atoms with Gasteiger partial charge in [-0.3, -0.25) is 4.79 Å². The van der Waals surface area contributed by atoms with E-state index in [-0.39, 0.29) is 11.8 Å². The van der Waals surface area contributed by atoms with Gasteiger partial charge in [0.15, 0.2) is 0 Å². The zero-order chi connectivity index (χ0) is 10.4. The van der Waals surface area contributed by atoms with Crippen LogP contribution in [0.5, 0.6) is 0 Å². The molecule has 0 saturated heterocycles. The van der Waals surface area contributed by atoms with E-state index in [0.29, 0.717) is 13.0 Å². The molecule has 0 spiro atoms. The van der Waals surface area contributed by atoms with E-state index < -0.39 is 0 Å². The van der Waals surface area contributed by atoms with Crippen molar-refractivity contribution < 1.29 is 4.79 Å². The summed E-state index contributed by atoms with van der Waals surface area (Å²) in [7, 11) is 0. The molecule has 0 fully saturated rings. The molecule has 0 aliphatic carbocycles. The van der Waals surface area contributed by atoms with Crippen LogP contribution in [0.25, 0.3) is 0 Å². The second-order valence-corrected chi connectivity index (χ2v) is 3.46. The van der Waals surface area contributed by atoms with E-state index >= 15 is 0 Å². The molecule has 1 unspecified atom stereocenters. The summed E-state index contributed by atoms with van der Waals surface area (Å²) in [4.78, 5) is 11.4. The third kappa shape index (κ3) is 3.58. The normalized spacial score (nSPS) is 12.1. The molecule has 1 atom stereocenters. The van der Waals surface area contributed by atoms with Gasteiger partial charge in [0.2, 0.25) is 5.91 Å². The van der Waals surface area contributed by atoms with E-state index in [1.807, 2.05) is 37.3 Å². The van der Waals surface area contributed by atoms with E-state index in [0.717, 1.165) is 5.69 Å². The molecular weight excluding hydrogens is 176 g/mol. The average Bonchev–Trinajstić information content (AvgIpc) is 2.19. The molecular formula is C11H16N2O. The SMILES string of the molecule is CC(CN)CC(=O)Nc1ccccc1. The Kier molecular flexibility index (Phi) is 4.13. The highest BCUT2D eigenvalue weighted by Crippen LogP contribution is 2.07. The van der Waals surface area contributed by atoms with E-state index in [9.17, 15) is 4.79 Å². The molecule has 0 aromatic heterocycles. The van der Waals surface area contributed by atoms with Gasteiger partial charge in [0.25, 0.3) is 0 Å².